The number of rotatable bonds is 4. The van der Waals surface area contributed by atoms with E-state index in [1.807, 2.05) is 0 Å². The Labute approximate surface area is 110 Å². The summed E-state index contributed by atoms with van der Waals surface area (Å²) in [5, 5.41) is 0. The fourth-order valence-corrected chi connectivity index (χ4v) is 2.39. The maximum Gasteiger partial charge on any atom is 0.0455 e. The van der Waals surface area contributed by atoms with Crippen LogP contribution in [0.1, 0.15) is 57.3 Å². The number of para-hydroxylation sites is 1. The predicted octanol–water partition coefficient (Wildman–Crippen LogP) is 5.11. The number of hydrogen-bond donors (Lipinski definition) is 0. The minimum Gasteiger partial charge on any atom is -0.317 e. The van der Waals surface area contributed by atoms with E-state index in [1.54, 1.807) is 0 Å². The number of nitrogens with zero attached hydrogens (tertiary/aromatic N) is 1. The highest BCUT2D eigenvalue weighted by molar-refractivity contribution is 5.39. The molecule has 0 bridgehead atoms. The van der Waals surface area contributed by atoms with Crippen LogP contribution in [0.4, 0.5) is 0 Å². The standard InChI is InChI=1S/C17H23N/c1-5-14(4)17-12-11-16(13(2)3)18(17)15-9-7-6-8-10-15/h6-14H,5H2,1-4H3. The summed E-state index contributed by atoms with van der Waals surface area (Å²) >= 11 is 0. The van der Waals surface area contributed by atoms with Gasteiger partial charge in [-0.25, -0.2) is 0 Å². The van der Waals surface area contributed by atoms with E-state index in [2.05, 4.69) is 74.7 Å². The summed E-state index contributed by atoms with van der Waals surface area (Å²) < 4.78 is 2.43. The van der Waals surface area contributed by atoms with Crippen LogP contribution >= 0.6 is 0 Å². The summed E-state index contributed by atoms with van der Waals surface area (Å²) in [4.78, 5) is 0. The normalized spacial score (nSPS) is 12.9. The van der Waals surface area contributed by atoms with E-state index in [0.29, 0.717) is 11.8 Å². The molecule has 1 atom stereocenters. The van der Waals surface area contributed by atoms with Crippen molar-refractivity contribution in [2.45, 2.75) is 46.0 Å². The first-order chi connectivity index (χ1) is 8.65. The molecule has 1 aromatic carbocycles. The third-order valence-electron chi connectivity index (χ3n) is 3.66. The molecule has 1 heteroatoms. The lowest BCUT2D eigenvalue weighted by Gasteiger charge is -2.18. The molecule has 0 saturated heterocycles. The van der Waals surface area contributed by atoms with Crippen molar-refractivity contribution in [2.75, 3.05) is 0 Å². The smallest absolute Gasteiger partial charge is 0.0455 e. The second-order valence-electron chi connectivity index (χ2n) is 5.32. The SMILES string of the molecule is CCC(C)c1ccc(C(C)C)n1-c1ccccc1. The molecule has 0 amide bonds. The van der Waals surface area contributed by atoms with Gasteiger partial charge in [0.2, 0.25) is 0 Å². The van der Waals surface area contributed by atoms with Crippen molar-refractivity contribution in [1.29, 1.82) is 0 Å². The fraction of sp³-hybridized carbons (Fsp3) is 0.412. The van der Waals surface area contributed by atoms with Gasteiger partial charge in [-0.3, -0.25) is 0 Å². The molecule has 1 unspecified atom stereocenters. The van der Waals surface area contributed by atoms with Crippen molar-refractivity contribution in [3.63, 3.8) is 0 Å². The lowest BCUT2D eigenvalue weighted by Crippen LogP contribution is -2.07. The first kappa shape index (κ1) is 12.9. The van der Waals surface area contributed by atoms with Gasteiger partial charge in [0.15, 0.2) is 0 Å². The summed E-state index contributed by atoms with van der Waals surface area (Å²) in [6.07, 6.45) is 1.17. The Morgan fingerprint density at radius 3 is 2.06 bits per heavy atom. The van der Waals surface area contributed by atoms with Crippen LogP contribution in [-0.2, 0) is 0 Å². The molecule has 0 fully saturated rings. The van der Waals surface area contributed by atoms with Gasteiger partial charge in [-0.05, 0) is 42.5 Å². The van der Waals surface area contributed by atoms with E-state index in [9.17, 15) is 0 Å². The van der Waals surface area contributed by atoms with Gasteiger partial charge in [0.05, 0.1) is 0 Å². The van der Waals surface area contributed by atoms with Gasteiger partial charge in [-0.2, -0.15) is 0 Å². The van der Waals surface area contributed by atoms with Crippen molar-refractivity contribution in [1.82, 2.24) is 4.57 Å². The van der Waals surface area contributed by atoms with Crippen LogP contribution in [0.25, 0.3) is 5.69 Å². The van der Waals surface area contributed by atoms with Gasteiger partial charge in [0, 0.05) is 17.1 Å². The molecule has 0 aliphatic carbocycles. The zero-order valence-electron chi connectivity index (χ0n) is 11.9. The monoisotopic (exact) mass is 241 g/mol. The van der Waals surface area contributed by atoms with Crippen LogP contribution in [0.3, 0.4) is 0 Å². The molecule has 0 aliphatic rings. The molecule has 18 heavy (non-hydrogen) atoms. The average molecular weight is 241 g/mol. The molecule has 1 heterocycles. The summed E-state index contributed by atoms with van der Waals surface area (Å²) in [5.74, 6) is 1.14. The van der Waals surface area contributed by atoms with Gasteiger partial charge >= 0.3 is 0 Å². The minimum atomic E-state index is 0.544. The Balaban J connectivity index is 2.58. The highest BCUT2D eigenvalue weighted by Gasteiger charge is 2.15. The van der Waals surface area contributed by atoms with Gasteiger partial charge < -0.3 is 4.57 Å². The molecule has 2 rings (SSSR count). The molecular formula is C17H23N. The van der Waals surface area contributed by atoms with E-state index in [-0.39, 0.29) is 0 Å². The molecular weight excluding hydrogens is 218 g/mol. The fourth-order valence-electron chi connectivity index (χ4n) is 2.39. The van der Waals surface area contributed by atoms with Crippen molar-refractivity contribution in [3.8, 4) is 5.69 Å². The van der Waals surface area contributed by atoms with Crippen molar-refractivity contribution >= 4 is 0 Å². The van der Waals surface area contributed by atoms with Crippen LogP contribution in [0, 0.1) is 0 Å². The quantitative estimate of drug-likeness (QED) is 0.700. The van der Waals surface area contributed by atoms with E-state index in [4.69, 9.17) is 0 Å². The van der Waals surface area contributed by atoms with Crippen molar-refractivity contribution in [2.24, 2.45) is 0 Å². The molecule has 96 valence electrons. The van der Waals surface area contributed by atoms with Crippen LogP contribution in [0.5, 0.6) is 0 Å². The second kappa shape index (κ2) is 5.43. The molecule has 0 spiro atoms. The topological polar surface area (TPSA) is 4.93 Å². The molecule has 1 aromatic heterocycles. The number of hydrogen-bond acceptors (Lipinski definition) is 0. The lowest BCUT2D eigenvalue weighted by molar-refractivity contribution is 0.669. The van der Waals surface area contributed by atoms with Crippen LogP contribution in [0.15, 0.2) is 42.5 Å². The second-order valence-corrected chi connectivity index (χ2v) is 5.32. The first-order valence-corrected chi connectivity index (χ1v) is 6.92. The lowest BCUT2D eigenvalue weighted by atomic mass is 10.1. The third kappa shape index (κ3) is 2.35. The molecule has 0 saturated carbocycles. The predicted molar refractivity (Wildman–Crippen MR) is 78.6 cm³/mol. The van der Waals surface area contributed by atoms with Gasteiger partial charge in [-0.15, -0.1) is 0 Å². The average Bonchev–Trinajstić information content (AvgIpc) is 2.83. The largest absolute Gasteiger partial charge is 0.317 e. The van der Waals surface area contributed by atoms with E-state index in [0.717, 1.165) is 0 Å². The third-order valence-corrected chi connectivity index (χ3v) is 3.66. The molecule has 0 N–H and O–H groups in total. The number of benzene rings is 1. The van der Waals surface area contributed by atoms with E-state index >= 15 is 0 Å². The molecule has 2 aromatic rings. The maximum absolute atomic E-state index is 2.43. The molecule has 0 aliphatic heterocycles. The Bertz CT molecular complexity index is 494. The summed E-state index contributed by atoms with van der Waals surface area (Å²) in [7, 11) is 0. The number of aromatic nitrogens is 1. The molecule has 0 radical (unpaired) electrons. The Morgan fingerprint density at radius 2 is 1.50 bits per heavy atom. The van der Waals surface area contributed by atoms with Crippen LogP contribution in [-0.4, -0.2) is 4.57 Å². The summed E-state index contributed by atoms with van der Waals surface area (Å²) in [5.41, 5.74) is 4.10. The summed E-state index contributed by atoms with van der Waals surface area (Å²) in [6.45, 7) is 9.07. The maximum atomic E-state index is 2.43. The van der Waals surface area contributed by atoms with Crippen LogP contribution in [0.2, 0.25) is 0 Å². The van der Waals surface area contributed by atoms with Gasteiger partial charge in [-0.1, -0.05) is 45.9 Å². The zero-order chi connectivity index (χ0) is 13.1. The van der Waals surface area contributed by atoms with E-state index < -0.39 is 0 Å². The highest BCUT2D eigenvalue weighted by Crippen LogP contribution is 2.29. The van der Waals surface area contributed by atoms with Crippen LogP contribution < -0.4 is 0 Å². The van der Waals surface area contributed by atoms with E-state index in [1.165, 1.54) is 23.5 Å². The van der Waals surface area contributed by atoms with Crippen molar-refractivity contribution in [3.05, 3.63) is 53.9 Å². The van der Waals surface area contributed by atoms with Crippen molar-refractivity contribution < 1.29 is 0 Å². The highest BCUT2D eigenvalue weighted by atomic mass is 15.0. The Hall–Kier alpha value is -1.50. The Kier molecular flexibility index (Phi) is 3.90. The summed E-state index contributed by atoms with van der Waals surface area (Å²) in [6, 6.07) is 15.2. The zero-order valence-corrected chi connectivity index (χ0v) is 11.9. The minimum absolute atomic E-state index is 0.544. The first-order valence-electron chi connectivity index (χ1n) is 6.92. The van der Waals surface area contributed by atoms with Gasteiger partial charge in [0.1, 0.15) is 0 Å². The van der Waals surface area contributed by atoms with Gasteiger partial charge in [0.25, 0.3) is 0 Å². The Morgan fingerprint density at radius 1 is 0.889 bits per heavy atom. The molecule has 1 nitrogen and oxygen atoms in total.